The lowest BCUT2D eigenvalue weighted by Gasteiger charge is -2.17. The highest BCUT2D eigenvalue weighted by Gasteiger charge is 2.08. The first-order valence-corrected chi connectivity index (χ1v) is 6.90. The summed E-state index contributed by atoms with van der Waals surface area (Å²) in [5.41, 5.74) is 1.26. The number of nitrogens with one attached hydrogen (secondary N) is 1. The van der Waals surface area contributed by atoms with Gasteiger partial charge in [0.1, 0.15) is 6.33 Å². The lowest BCUT2D eigenvalue weighted by Crippen LogP contribution is -2.23. The van der Waals surface area contributed by atoms with E-state index in [1.54, 1.807) is 11.0 Å². The van der Waals surface area contributed by atoms with Crippen molar-refractivity contribution in [2.45, 2.75) is 25.8 Å². The molecule has 0 aliphatic heterocycles. The van der Waals surface area contributed by atoms with Crippen LogP contribution < -0.4 is 5.32 Å². The SMILES string of the molecule is CCC(NCCc1ncn(C)n1)c1ccc(Cl)cc1. The molecule has 4 nitrogen and oxygen atoms in total. The van der Waals surface area contributed by atoms with Crippen LogP contribution in [0.2, 0.25) is 5.02 Å². The van der Waals surface area contributed by atoms with Gasteiger partial charge >= 0.3 is 0 Å². The molecular weight excluding hydrogens is 260 g/mol. The number of aryl methyl sites for hydroxylation is 1. The second kappa shape index (κ2) is 6.68. The summed E-state index contributed by atoms with van der Waals surface area (Å²) in [5, 5.41) is 8.57. The fraction of sp³-hybridized carbons (Fsp3) is 0.429. The highest BCUT2D eigenvalue weighted by molar-refractivity contribution is 6.30. The molecule has 1 aromatic carbocycles. The van der Waals surface area contributed by atoms with Crippen LogP contribution in [0.1, 0.15) is 30.8 Å². The van der Waals surface area contributed by atoms with Gasteiger partial charge < -0.3 is 5.32 Å². The molecule has 1 aromatic heterocycles. The van der Waals surface area contributed by atoms with Crippen molar-refractivity contribution in [1.29, 1.82) is 0 Å². The first-order chi connectivity index (χ1) is 9.19. The van der Waals surface area contributed by atoms with Crippen molar-refractivity contribution in [3.05, 3.63) is 47.0 Å². The Morgan fingerprint density at radius 3 is 2.63 bits per heavy atom. The molecule has 0 bridgehead atoms. The van der Waals surface area contributed by atoms with Crippen LogP contribution >= 0.6 is 11.6 Å². The van der Waals surface area contributed by atoms with Gasteiger partial charge in [-0.3, -0.25) is 4.68 Å². The number of rotatable bonds is 6. The monoisotopic (exact) mass is 278 g/mol. The minimum atomic E-state index is 0.348. The van der Waals surface area contributed by atoms with Crippen molar-refractivity contribution in [1.82, 2.24) is 20.1 Å². The Labute approximate surface area is 118 Å². The van der Waals surface area contributed by atoms with E-state index in [2.05, 4.69) is 34.5 Å². The number of nitrogens with zero attached hydrogens (tertiary/aromatic N) is 3. The van der Waals surface area contributed by atoms with Gasteiger partial charge in [-0.05, 0) is 24.1 Å². The van der Waals surface area contributed by atoms with E-state index in [1.807, 2.05) is 19.2 Å². The summed E-state index contributed by atoms with van der Waals surface area (Å²) < 4.78 is 1.73. The standard InChI is InChI=1S/C14H19ClN4/c1-3-13(11-4-6-12(15)7-5-11)16-9-8-14-17-10-19(2)18-14/h4-7,10,13,16H,3,8-9H2,1-2H3. The predicted octanol–water partition coefficient (Wildman–Crippen LogP) is 2.75. The Morgan fingerprint density at radius 1 is 1.32 bits per heavy atom. The van der Waals surface area contributed by atoms with Crippen LogP contribution in [0.3, 0.4) is 0 Å². The third kappa shape index (κ3) is 4.04. The number of hydrogen-bond acceptors (Lipinski definition) is 3. The van der Waals surface area contributed by atoms with Crippen molar-refractivity contribution < 1.29 is 0 Å². The Hall–Kier alpha value is -1.39. The molecule has 0 aliphatic carbocycles. The van der Waals surface area contributed by atoms with Gasteiger partial charge in [-0.1, -0.05) is 30.7 Å². The quantitative estimate of drug-likeness (QED) is 0.883. The third-order valence-electron chi connectivity index (χ3n) is 3.07. The van der Waals surface area contributed by atoms with E-state index >= 15 is 0 Å². The largest absolute Gasteiger partial charge is 0.310 e. The van der Waals surface area contributed by atoms with Crippen LogP contribution in [0.5, 0.6) is 0 Å². The van der Waals surface area contributed by atoms with Crippen LogP contribution in [-0.4, -0.2) is 21.3 Å². The van der Waals surface area contributed by atoms with Gasteiger partial charge in [-0.2, -0.15) is 5.10 Å². The summed E-state index contributed by atoms with van der Waals surface area (Å²) in [5.74, 6) is 0.876. The fourth-order valence-electron chi connectivity index (χ4n) is 2.05. The number of benzene rings is 1. The maximum absolute atomic E-state index is 5.91. The fourth-order valence-corrected chi connectivity index (χ4v) is 2.18. The van der Waals surface area contributed by atoms with Crippen LogP contribution in [0.4, 0.5) is 0 Å². The maximum Gasteiger partial charge on any atom is 0.151 e. The summed E-state index contributed by atoms with van der Waals surface area (Å²) in [7, 11) is 1.88. The zero-order valence-electron chi connectivity index (χ0n) is 11.3. The van der Waals surface area contributed by atoms with Crippen molar-refractivity contribution in [2.75, 3.05) is 6.54 Å². The van der Waals surface area contributed by atoms with Crippen molar-refractivity contribution in [2.24, 2.45) is 7.05 Å². The molecule has 1 N–H and O–H groups in total. The molecule has 0 saturated carbocycles. The highest BCUT2D eigenvalue weighted by Crippen LogP contribution is 2.18. The summed E-state index contributed by atoms with van der Waals surface area (Å²) in [6.07, 6.45) is 3.61. The second-order valence-corrected chi connectivity index (χ2v) is 4.99. The molecule has 0 fully saturated rings. The van der Waals surface area contributed by atoms with Crippen LogP contribution in [0.25, 0.3) is 0 Å². The predicted molar refractivity (Wildman–Crippen MR) is 77.2 cm³/mol. The first-order valence-electron chi connectivity index (χ1n) is 6.52. The summed E-state index contributed by atoms with van der Waals surface area (Å²) in [6.45, 7) is 3.04. The number of aromatic nitrogens is 3. The lowest BCUT2D eigenvalue weighted by atomic mass is 10.0. The van der Waals surface area contributed by atoms with E-state index < -0.39 is 0 Å². The Morgan fingerprint density at radius 2 is 2.05 bits per heavy atom. The first kappa shape index (κ1) is 14.0. The normalized spacial score (nSPS) is 12.6. The average molecular weight is 279 g/mol. The van der Waals surface area contributed by atoms with Crippen molar-refractivity contribution >= 4 is 11.6 Å². The van der Waals surface area contributed by atoms with Gasteiger partial charge in [0.25, 0.3) is 0 Å². The minimum Gasteiger partial charge on any atom is -0.310 e. The Kier molecular flexibility index (Phi) is 4.93. The molecule has 102 valence electrons. The molecule has 2 aromatic rings. The smallest absolute Gasteiger partial charge is 0.151 e. The van der Waals surface area contributed by atoms with Gasteiger partial charge in [0, 0.05) is 31.1 Å². The molecule has 0 aliphatic rings. The molecule has 19 heavy (non-hydrogen) atoms. The van der Waals surface area contributed by atoms with Gasteiger partial charge in [0.15, 0.2) is 5.82 Å². The van der Waals surface area contributed by atoms with Gasteiger partial charge in [-0.25, -0.2) is 4.98 Å². The zero-order valence-corrected chi connectivity index (χ0v) is 12.1. The topological polar surface area (TPSA) is 42.7 Å². The number of halogens is 1. The van der Waals surface area contributed by atoms with E-state index in [0.717, 1.165) is 30.2 Å². The summed E-state index contributed by atoms with van der Waals surface area (Å²) in [6, 6.07) is 8.36. The van der Waals surface area contributed by atoms with E-state index in [1.165, 1.54) is 5.56 Å². The van der Waals surface area contributed by atoms with Crippen molar-refractivity contribution in [3.63, 3.8) is 0 Å². The lowest BCUT2D eigenvalue weighted by molar-refractivity contribution is 0.518. The molecule has 1 atom stereocenters. The van der Waals surface area contributed by atoms with E-state index in [9.17, 15) is 0 Å². The second-order valence-electron chi connectivity index (χ2n) is 4.55. The average Bonchev–Trinajstić information content (AvgIpc) is 2.82. The van der Waals surface area contributed by atoms with E-state index in [-0.39, 0.29) is 0 Å². The Balaban J connectivity index is 1.87. The molecule has 5 heteroatoms. The van der Waals surface area contributed by atoms with Gasteiger partial charge in [0.2, 0.25) is 0 Å². The minimum absolute atomic E-state index is 0.348. The van der Waals surface area contributed by atoms with Crippen LogP contribution in [0, 0.1) is 0 Å². The molecule has 0 saturated heterocycles. The van der Waals surface area contributed by atoms with Crippen LogP contribution in [-0.2, 0) is 13.5 Å². The van der Waals surface area contributed by atoms with Gasteiger partial charge in [0.05, 0.1) is 0 Å². The third-order valence-corrected chi connectivity index (χ3v) is 3.32. The molecule has 0 amide bonds. The maximum atomic E-state index is 5.91. The molecular formula is C14H19ClN4. The van der Waals surface area contributed by atoms with E-state index in [4.69, 9.17) is 11.6 Å². The summed E-state index contributed by atoms with van der Waals surface area (Å²) in [4.78, 5) is 4.22. The molecule has 1 heterocycles. The molecule has 0 radical (unpaired) electrons. The highest BCUT2D eigenvalue weighted by atomic mass is 35.5. The van der Waals surface area contributed by atoms with Gasteiger partial charge in [-0.15, -0.1) is 0 Å². The molecule has 2 rings (SSSR count). The zero-order chi connectivity index (χ0) is 13.7. The molecule has 0 spiro atoms. The Bertz CT molecular complexity index is 506. The van der Waals surface area contributed by atoms with Crippen molar-refractivity contribution in [3.8, 4) is 0 Å². The molecule has 1 unspecified atom stereocenters. The van der Waals surface area contributed by atoms with Crippen LogP contribution in [0.15, 0.2) is 30.6 Å². The number of hydrogen-bond donors (Lipinski definition) is 1. The van der Waals surface area contributed by atoms with E-state index in [0.29, 0.717) is 6.04 Å². The summed E-state index contributed by atoms with van der Waals surface area (Å²) >= 11 is 5.91.